The molecule has 32 heavy (non-hydrogen) atoms. The van der Waals surface area contributed by atoms with Gasteiger partial charge in [-0.05, 0) is 25.7 Å². The van der Waals surface area contributed by atoms with Crippen molar-refractivity contribution in [2.24, 2.45) is 5.92 Å². The molecule has 1 aliphatic heterocycles. The zero-order valence-corrected chi connectivity index (χ0v) is 21.5. The Kier molecular flexibility index (Phi) is 22.4. The Morgan fingerprint density at radius 1 is 0.625 bits per heavy atom. The van der Waals surface area contributed by atoms with Crippen molar-refractivity contribution >= 4 is 0 Å². The van der Waals surface area contributed by atoms with Gasteiger partial charge in [0.25, 0.3) is 0 Å². The highest BCUT2D eigenvalue weighted by atomic mass is 16.5. The second kappa shape index (κ2) is 24.0. The van der Waals surface area contributed by atoms with Gasteiger partial charge in [-0.3, -0.25) is 0 Å². The van der Waals surface area contributed by atoms with Crippen molar-refractivity contribution in [2.45, 2.75) is 135 Å². The van der Waals surface area contributed by atoms with Crippen LogP contribution < -0.4 is 0 Å². The molecule has 1 aliphatic rings. The largest absolute Gasteiger partial charge is 0.396 e. The summed E-state index contributed by atoms with van der Waals surface area (Å²) in [7, 11) is 0. The first-order chi connectivity index (χ1) is 15.9. The Balaban J connectivity index is 1.74. The standard InChI is InChI=1S/C28H56O4/c1-2-3-4-5-6-7-8-9-10-11-12-13-15-18-21-30-24-27-23-28(32-25-27)26-31-22-19-16-14-17-20-29/h27-29H,2-26H2,1H3/t27-,28-/m1/s1. The molecule has 0 unspecified atom stereocenters. The average Bonchev–Trinajstić information content (AvgIpc) is 3.26. The summed E-state index contributed by atoms with van der Waals surface area (Å²) in [6, 6.07) is 0. The average molecular weight is 457 g/mol. The molecule has 192 valence electrons. The first-order valence-electron chi connectivity index (χ1n) is 14.2. The third-order valence-corrected chi connectivity index (χ3v) is 6.66. The normalized spacial score (nSPS) is 18.6. The van der Waals surface area contributed by atoms with Crippen molar-refractivity contribution < 1.29 is 19.3 Å². The van der Waals surface area contributed by atoms with Crippen LogP contribution in [0.3, 0.4) is 0 Å². The summed E-state index contributed by atoms with van der Waals surface area (Å²) in [6.45, 7) is 6.70. The molecule has 0 spiro atoms. The molecule has 1 N–H and O–H groups in total. The van der Waals surface area contributed by atoms with Gasteiger partial charge in [-0.2, -0.15) is 0 Å². The van der Waals surface area contributed by atoms with Gasteiger partial charge in [0.15, 0.2) is 0 Å². The predicted molar refractivity (Wildman–Crippen MR) is 135 cm³/mol. The molecule has 0 amide bonds. The van der Waals surface area contributed by atoms with Crippen molar-refractivity contribution in [3.8, 4) is 0 Å². The number of hydrogen-bond donors (Lipinski definition) is 1. The third-order valence-electron chi connectivity index (χ3n) is 6.66. The zero-order chi connectivity index (χ0) is 23.0. The van der Waals surface area contributed by atoms with Gasteiger partial charge in [0, 0.05) is 25.7 Å². The predicted octanol–water partition coefficient (Wildman–Crippen LogP) is 7.46. The van der Waals surface area contributed by atoms with E-state index in [1.807, 2.05) is 0 Å². The van der Waals surface area contributed by atoms with Crippen LogP contribution in [0, 0.1) is 5.92 Å². The quantitative estimate of drug-likeness (QED) is 0.145. The smallest absolute Gasteiger partial charge is 0.0813 e. The lowest BCUT2D eigenvalue weighted by Crippen LogP contribution is -2.15. The molecule has 1 fully saturated rings. The number of hydrogen-bond acceptors (Lipinski definition) is 4. The van der Waals surface area contributed by atoms with Gasteiger partial charge >= 0.3 is 0 Å². The minimum atomic E-state index is 0.252. The molecular formula is C28H56O4. The molecule has 2 atom stereocenters. The Morgan fingerprint density at radius 3 is 1.62 bits per heavy atom. The second-order valence-electron chi connectivity index (χ2n) is 9.94. The molecule has 0 aromatic rings. The minimum Gasteiger partial charge on any atom is -0.396 e. The second-order valence-corrected chi connectivity index (χ2v) is 9.94. The van der Waals surface area contributed by atoms with Gasteiger partial charge in [0.2, 0.25) is 0 Å². The van der Waals surface area contributed by atoms with E-state index in [-0.39, 0.29) is 6.10 Å². The van der Waals surface area contributed by atoms with Crippen molar-refractivity contribution in [3.05, 3.63) is 0 Å². The summed E-state index contributed by atoms with van der Waals surface area (Å²) in [5.74, 6) is 0.541. The highest BCUT2D eigenvalue weighted by Gasteiger charge is 2.25. The Morgan fingerprint density at radius 2 is 1.09 bits per heavy atom. The van der Waals surface area contributed by atoms with Crippen molar-refractivity contribution in [2.75, 3.05) is 39.6 Å². The molecule has 1 rings (SSSR count). The van der Waals surface area contributed by atoms with E-state index in [4.69, 9.17) is 19.3 Å². The SMILES string of the molecule is CCCCCCCCCCCCCCCCOC[C@@H]1CO[C@@H](COCCCCCCO)C1. The van der Waals surface area contributed by atoms with E-state index in [9.17, 15) is 0 Å². The van der Waals surface area contributed by atoms with Crippen molar-refractivity contribution in [1.29, 1.82) is 0 Å². The van der Waals surface area contributed by atoms with Crippen LogP contribution in [-0.2, 0) is 14.2 Å². The molecule has 0 aliphatic carbocycles. The lowest BCUT2D eigenvalue weighted by Gasteiger charge is -2.11. The van der Waals surface area contributed by atoms with Crippen LogP contribution in [0.25, 0.3) is 0 Å². The number of aliphatic hydroxyl groups is 1. The van der Waals surface area contributed by atoms with Crippen LogP contribution in [0.2, 0.25) is 0 Å². The summed E-state index contributed by atoms with van der Waals surface area (Å²) in [5, 5.41) is 8.77. The van der Waals surface area contributed by atoms with E-state index in [1.165, 1.54) is 89.9 Å². The molecule has 1 heterocycles. The van der Waals surface area contributed by atoms with Gasteiger partial charge in [0.05, 0.1) is 25.9 Å². The van der Waals surface area contributed by atoms with E-state index in [2.05, 4.69) is 6.92 Å². The van der Waals surface area contributed by atoms with E-state index >= 15 is 0 Å². The molecule has 0 saturated carbocycles. The van der Waals surface area contributed by atoms with E-state index in [0.717, 1.165) is 65.1 Å². The molecule has 0 aromatic heterocycles. The van der Waals surface area contributed by atoms with Crippen molar-refractivity contribution in [1.82, 2.24) is 0 Å². The van der Waals surface area contributed by atoms with E-state index in [1.54, 1.807) is 0 Å². The fourth-order valence-electron chi connectivity index (χ4n) is 4.55. The Hall–Kier alpha value is -0.160. The van der Waals surface area contributed by atoms with Crippen LogP contribution >= 0.6 is 0 Å². The van der Waals surface area contributed by atoms with Crippen molar-refractivity contribution in [3.63, 3.8) is 0 Å². The summed E-state index contributed by atoms with van der Waals surface area (Å²) in [5.41, 5.74) is 0. The molecule has 0 bridgehead atoms. The van der Waals surface area contributed by atoms with Crippen LogP contribution in [0.1, 0.15) is 129 Å². The fourth-order valence-corrected chi connectivity index (χ4v) is 4.55. The molecule has 4 nitrogen and oxygen atoms in total. The Labute approximate surface area is 200 Å². The molecule has 0 aromatic carbocycles. The zero-order valence-electron chi connectivity index (χ0n) is 21.5. The summed E-state index contributed by atoms with van der Waals surface area (Å²) >= 11 is 0. The monoisotopic (exact) mass is 456 g/mol. The first kappa shape index (κ1) is 29.9. The molecule has 4 heteroatoms. The number of rotatable bonds is 25. The topological polar surface area (TPSA) is 47.9 Å². The lowest BCUT2D eigenvalue weighted by atomic mass is 10.0. The van der Waals surface area contributed by atoms with Crippen LogP contribution in [0.4, 0.5) is 0 Å². The Bertz CT molecular complexity index is 363. The molecule has 1 saturated heterocycles. The summed E-state index contributed by atoms with van der Waals surface area (Å²) < 4.78 is 17.5. The highest BCUT2D eigenvalue weighted by Crippen LogP contribution is 2.20. The summed E-state index contributed by atoms with van der Waals surface area (Å²) in [4.78, 5) is 0. The van der Waals surface area contributed by atoms with Crippen LogP contribution in [-0.4, -0.2) is 50.9 Å². The maximum Gasteiger partial charge on any atom is 0.0813 e. The molecule has 0 radical (unpaired) electrons. The van der Waals surface area contributed by atoms with E-state index < -0.39 is 0 Å². The number of ether oxygens (including phenoxy) is 3. The number of aliphatic hydroxyl groups excluding tert-OH is 1. The lowest BCUT2D eigenvalue weighted by molar-refractivity contribution is 0.0140. The minimum absolute atomic E-state index is 0.252. The number of unbranched alkanes of at least 4 members (excludes halogenated alkanes) is 16. The van der Waals surface area contributed by atoms with Gasteiger partial charge in [-0.15, -0.1) is 0 Å². The van der Waals surface area contributed by atoms with Gasteiger partial charge < -0.3 is 19.3 Å². The first-order valence-corrected chi connectivity index (χ1v) is 14.2. The maximum absolute atomic E-state index is 8.77. The third kappa shape index (κ3) is 19.3. The highest BCUT2D eigenvalue weighted by molar-refractivity contribution is 4.73. The molecular weight excluding hydrogens is 400 g/mol. The van der Waals surface area contributed by atoms with Gasteiger partial charge in [0.1, 0.15) is 0 Å². The maximum atomic E-state index is 8.77. The fraction of sp³-hybridized carbons (Fsp3) is 1.00. The van der Waals surface area contributed by atoms with Gasteiger partial charge in [-0.1, -0.05) is 103 Å². The van der Waals surface area contributed by atoms with E-state index in [0.29, 0.717) is 12.5 Å². The van der Waals surface area contributed by atoms with Crippen LogP contribution in [0.15, 0.2) is 0 Å². The summed E-state index contributed by atoms with van der Waals surface area (Å²) in [6.07, 6.45) is 25.1. The van der Waals surface area contributed by atoms with Gasteiger partial charge in [-0.25, -0.2) is 0 Å². The van der Waals surface area contributed by atoms with Crippen LogP contribution in [0.5, 0.6) is 0 Å².